The lowest BCUT2D eigenvalue weighted by molar-refractivity contribution is 0.177. The van der Waals surface area contributed by atoms with Crippen molar-refractivity contribution in [1.82, 2.24) is 0 Å². The largest absolute Gasteiger partial charge is 0.498 e. The Kier molecular flexibility index (Phi) is 5.29. The summed E-state index contributed by atoms with van der Waals surface area (Å²) in [4.78, 5) is 0. The first-order valence-electron chi connectivity index (χ1n) is 9.60. The molecule has 0 amide bonds. The van der Waals surface area contributed by atoms with Crippen LogP contribution in [0, 0.1) is 0 Å². The zero-order valence-electron chi connectivity index (χ0n) is 16.3. The Balaban J connectivity index is 1.56. The summed E-state index contributed by atoms with van der Waals surface area (Å²) < 4.78 is 11.2. The van der Waals surface area contributed by atoms with E-state index in [1.807, 2.05) is 26.0 Å². The fourth-order valence-electron chi connectivity index (χ4n) is 3.38. The summed E-state index contributed by atoms with van der Waals surface area (Å²) in [6.07, 6.45) is 1.76. The van der Waals surface area contributed by atoms with Gasteiger partial charge in [-0.05, 0) is 76.4 Å². The van der Waals surface area contributed by atoms with Crippen LogP contribution >= 0.6 is 0 Å². The van der Waals surface area contributed by atoms with Crippen LogP contribution in [0.3, 0.4) is 0 Å². The highest BCUT2D eigenvalue weighted by Gasteiger charge is 2.06. The Labute approximate surface area is 166 Å². The Bertz CT molecular complexity index is 1120. The van der Waals surface area contributed by atoms with E-state index in [2.05, 4.69) is 66.7 Å². The van der Waals surface area contributed by atoms with Gasteiger partial charge in [0.15, 0.2) is 0 Å². The van der Waals surface area contributed by atoms with Crippen molar-refractivity contribution >= 4 is 21.5 Å². The SMILES string of the molecule is CC(C)=COCCOc1ccc(-c2cccc3cc4ccccc4cc23)cc1. The van der Waals surface area contributed by atoms with Gasteiger partial charge in [-0.2, -0.15) is 0 Å². The molecule has 0 unspecified atom stereocenters. The highest BCUT2D eigenvalue weighted by molar-refractivity contribution is 6.04. The van der Waals surface area contributed by atoms with Gasteiger partial charge in [0.2, 0.25) is 0 Å². The summed E-state index contributed by atoms with van der Waals surface area (Å²) in [6.45, 7) is 5.10. The molecule has 0 aromatic heterocycles. The van der Waals surface area contributed by atoms with Crippen molar-refractivity contribution in [3.05, 3.63) is 90.7 Å². The molecule has 2 heteroatoms. The molecule has 2 nitrogen and oxygen atoms in total. The van der Waals surface area contributed by atoms with Gasteiger partial charge >= 0.3 is 0 Å². The molecule has 4 aromatic rings. The van der Waals surface area contributed by atoms with Crippen molar-refractivity contribution in [3.63, 3.8) is 0 Å². The molecule has 0 heterocycles. The summed E-state index contributed by atoms with van der Waals surface area (Å²) in [5.41, 5.74) is 3.57. The fourth-order valence-corrected chi connectivity index (χ4v) is 3.38. The molecule has 0 saturated heterocycles. The van der Waals surface area contributed by atoms with Crippen LogP contribution in [-0.4, -0.2) is 13.2 Å². The van der Waals surface area contributed by atoms with Crippen molar-refractivity contribution in [3.8, 4) is 16.9 Å². The molecule has 0 spiro atoms. The Morgan fingerprint density at radius 1 is 0.750 bits per heavy atom. The van der Waals surface area contributed by atoms with Gasteiger partial charge in [-0.3, -0.25) is 0 Å². The van der Waals surface area contributed by atoms with E-state index in [4.69, 9.17) is 9.47 Å². The molecule has 0 saturated carbocycles. The van der Waals surface area contributed by atoms with E-state index in [0.29, 0.717) is 13.2 Å². The van der Waals surface area contributed by atoms with Crippen molar-refractivity contribution in [2.24, 2.45) is 0 Å². The second-order valence-corrected chi connectivity index (χ2v) is 7.16. The number of fused-ring (bicyclic) bond motifs is 2. The number of hydrogen-bond donors (Lipinski definition) is 0. The average Bonchev–Trinajstić information content (AvgIpc) is 2.72. The first-order valence-corrected chi connectivity index (χ1v) is 9.60. The van der Waals surface area contributed by atoms with Crippen LogP contribution in [0.2, 0.25) is 0 Å². The fraction of sp³-hybridized carbons (Fsp3) is 0.154. The third kappa shape index (κ3) is 4.01. The van der Waals surface area contributed by atoms with E-state index < -0.39 is 0 Å². The maximum absolute atomic E-state index is 5.77. The van der Waals surface area contributed by atoms with E-state index in [-0.39, 0.29) is 0 Å². The van der Waals surface area contributed by atoms with E-state index in [0.717, 1.165) is 11.3 Å². The van der Waals surface area contributed by atoms with Crippen LogP contribution in [0.1, 0.15) is 13.8 Å². The van der Waals surface area contributed by atoms with E-state index in [1.54, 1.807) is 6.26 Å². The van der Waals surface area contributed by atoms with Gasteiger partial charge in [0, 0.05) is 0 Å². The summed E-state index contributed by atoms with van der Waals surface area (Å²) >= 11 is 0. The number of hydrogen-bond acceptors (Lipinski definition) is 2. The first kappa shape index (κ1) is 18.1. The molecule has 0 fully saturated rings. The lowest BCUT2D eigenvalue weighted by Crippen LogP contribution is -2.03. The van der Waals surface area contributed by atoms with Gasteiger partial charge in [-0.1, -0.05) is 54.6 Å². The molecule has 0 N–H and O–H groups in total. The minimum absolute atomic E-state index is 0.531. The molecule has 0 aliphatic rings. The smallest absolute Gasteiger partial charge is 0.122 e. The Morgan fingerprint density at radius 2 is 1.46 bits per heavy atom. The summed E-state index contributed by atoms with van der Waals surface area (Å²) in [5.74, 6) is 0.857. The van der Waals surface area contributed by atoms with Crippen LogP contribution in [-0.2, 0) is 4.74 Å². The summed E-state index contributed by atoms with van der Waals surface area (Å²) in [6, 6.07) is 27.8. The predicted molar refractivity (Wildman–Crippen MR) is 118 cm³/mol. The zero-order chi connectivity index (χ0) is 19.3. The monoisotopic (exact) mass is 368 g/mol. The van der Waals surface area contributed by atoms with E-state index >= 15 is 0 Å². The van der Waals surface area contributed by atoms with Crippen molar-refractivity contribution in [1.29, 1.82) is 0 Å². The molecule has 0 aliphatic heterocycles. The first-order chi connectivity index (χ1) is 13.7. The average molecular weight is 368 g/mol. The molecular formula is C26H24O2. The van der Waals surface area contributed by atoms with Gasteiger partial charge in [0.25, 0.3) is 0 Å². The van der Waals surface area contributed by atoms with Gasteiger partial charge in [0.05, 0.1) is 6.26 Å². The van der Waals surface area contributed by atoms with Crippen LogP contribution in [0.25, 0.3) is 32.7 Å². The molecule has 0 bridgehead atoms. The standard InChI is InChI=1S/C26H24O2/c1-19(2)18-27-14-15-28-24-12-10-20(11-13-24)25-9-5-8-23-16-21-6-3-4-7-22(21)17-26(23)25/h3-13,16-18H,14-15H2,1-2H3. The maximum atomic E-state index is 5.77. The lowest BCUT2D eigenvalue weighted by atomic mass is 9.95. The second-order valence-electron chi connectivity index (χ2n) is 7.16. The van der Waals surface area contributed by atoms with Crippen molar-refractivity contribution in [2.75, 3.05) is 13.2 Å². The minimum atomic E-state index is 0.531. The quantitative estimate of drug-likeness (QED) is 0.208. The van der Waals surface area contributed by atoms with Gasteiger partial charge in [-0.15, -0.1) is 0 Å². The highest BCUT2D eigenvalue weighted by atomic mass is 16.5. The third-order valence-corrected chi connectivity index (χ3v) is 4.70. The molecule has 0 atom stereocenters. The van der Waals surface area contributed by atoms with Gasteiger partial charge in [0.1, 0.15) is 19.0 Å². The normalized spacial score (nSPS) is 10.8. The predicted octanol–water partition coefficient (Wildman–Crippen LogP) is 6.98. The Hall–Kier alpha value is -3.26. The number of allylic oxidation sites excluding steroid dienone is 1. The summed E-state index contributed by atoms with van der Waals surface area (Å²) in [7, 11) is 0. The van der Waals surface area contributed by atoms with E-state index in [1.165, 1.54) is 32.7 Å². The number of benzene rings is 4. The van der Waals surface area contributed by atoms with Crippen LogP contribution in [0.15, 0.2) is 90.7 Å². The zero-order valence-corrected chi connectivity index (χ0v) is 16.3. The maximum Gasteiger partial charge on any atom is 0.122 e. The molecule has 4 rings (SSSR count). The molecule has 0 radical (unpaired) electrons. The molecule has 140 valence electrons. The van der Waals surface area contributed by atoms with Gasteiger partial charge < -0.3 is 9.47 Å². The molecule has 0 aliphatic carbocycles. The topological polar surface area (TPSA) is 18.5 Å². The Morgan fingerprint density at radius 3 is 2.21 bits per heavy atom. The van der Waals surface area contributed by atoms with Crippen molar-refractivity contribution in [2.45, 2.75) is 13.8 Å². The summed E-state index contributed by atoms with van der Waals surface area (Å²) in [5, 5.41) is 5.06. The van der Waals surface area contributed by atoms with E-state index in [9.17, 15) is 0 Å². The van der Waals surface area contributed by atoms with Crippen molar-refractivity contribution < 1.29 is 9.47 Å². The number of ether oxygens (including phenoxy) is 2. The molecular weight excluding hydrogens is 344 g/mol. The van der Waals surface area contributed by atoms with Crippen LogP contribution in [0.5, 0.6) is 5.75 Å². The lowest BCUT2D eigenvalue weighted by Gasteiger charge is -2.10. The molecule has 28 heavy (non-hydrogen) atoms. The van der Waals surface area contributed by atoms with Crippen LogP contribution < -0.4 is 4.74 Å². The third-order valence-electron chi connectivity index (χ3n) is 4.70. The van der Waals surface area contributed by atoms with Gasteiger partial charge in [-0.25, -0.2) is 0 Å². The highest BCUT2D eigenvalue weighted by Crippen LogP contribution is 2.32. The number of rotatable bonds is 6. The minimum Gasteiger partial charge on any atom is -0.498 e. The molecule has 4 aromatic carbocycles. The van der Waals surface area contributed by atoms with Crippen LogP contribution in [0.4, 0.5) is 0 Å². The second kappa shape index (κ2) is 8.18.